The van der Waals surface area contributed by atoms with Gasteiger partial charge in [-0.2, -0.15) is 0 Å². The van der Waals surface area contributed by atoms with Crippen LogP contribution in [0, 0.1) is 5.92 Å². The van der Waals surface area contributed by atoms with Gasteiger partial charge in [-0.1, -0.05) is 17.7 Å². The fraction of sp³-hybridized carbons (Fsp3) is 0.333. The Kier molecular flexibility index (Phi) is 4.67. The first-order valence-electron chi connectivity index (χ1n) is 9.72. The normalized spacial score (nSPS) is 18.2. The zero-order valence-electron chi connectivity index (χ0n) is 15.8. The number of rotatable bonds is 4. The van der Waals surface area contributed by atoms with Gasteiger partial charge in [-0.3, -0.25) is 4.79 Å². The van der Waals surface area contributed by atoms with Gasteiger partial charge < -0.3 is 24.7 Å². The number of carbonyl (C=O) groups excluding carboxylic acids is 1. The van der Waals surface area contributed by atoms with Gasteiger partial charge in [0.25, 0.3) is 0 Å². The van der Waals surface area contributed by atoms with E-state index >= 15 is 0 Å². The average Bonchev–Trinajstić information content (AvgIpc) is 3.38. The molecule has 1 amide bonds. The van der Waals surface area contributed by atoms with Crippen molar-refractivity contribution in [2.45, 2.75) is 19.4 Å². The van der Waals surface area contributed by atoms with Gasteiger partial charge in [0.2, 0.25) is 18.6 Å². The summed E-state index contributed by atoms with van der Waals surface area (Å²) in [7, 11) is 0. The minimum absolute atomic E-state index is 0.0616. The van der Waals surface area contributed by atoms with Crippen molar-refractivity contribution >= 4 is 34.5 Å². The van der Waals surface area contributed by atoms with E-state index in [1.807, 2.05) is 36.4 Å². The molecule has 3 aromatic rings. The molecule has 1 fully saturated rings. The van der Waals surface area contributed by atoms with Crippen LogP contribution in [0.1, 0.15) is 18.4 Å². The highest BCUT2D eigenvalue weighted by Gasteiger charge is 2.27. The summed E-state index contributed by atoms with van der Waals surface area (Å²) in [5, 5.41) is 3.73. The summed E-state index contributed by atoms with van der Waals surface area (Å²) in [4.78, 5) is 22.9. The second-order valence-electron chi connectivity index (χ2n) is 7.41. The largest absolute Gasteiger partial charge is 0.454 e. The number of aromatic amines is 1. The molecule has 0 radical (unpaired) electrons. The molecule has 0 spiro atoms. The highest BCUT2D eigenvalue weighted by molar-refractivity contribution is 6.31. The molecule has 2 aromatic carbocycles. The predicted molar refractivity (Wildman–Crippen MR) is 110 cm³/mol. The minimum Gasteiger partial charge on any atom is -0.454 e. The highest BCUT2D eigenvalue weighted by atomic mass is 35.5. The van der Waals surface area contributed by atoms with Crippen molar-refractivity contribution in [3.8, 4) is 11.5 Å². The van der Waals surface area contributed by atoms with E-state index in [1.165, 1.54) is 0 Å². The Morgan fingerprint density at radius 3 is 3.07 bits per heavy atom. The number of imidazole rings is 1. The van der Waals surface area contributed by atoms with E-state index < -0.39 is 0 Å². The van der Waals surface area contributed by atoms with Crippen molar-refractivity contribution in [1.29, 1.82) is 0 Å². The number of H-pyrrole nitrogens is 1. The summed E-state index contributed by atoms with van der Waals surface area (Å²) in [5.41, 5.74) is 2.77. The second-order valence-corrected chi connectivity index (χ2v) is 7.85. The Hall–Kier alpha value is -2.93. The highest BCUT2D eigenvalue weighted by Crippen LogP contribution is 2.32. The van der Waals surface area contributed by atoms with Crippen molar-refractivity contribution in [2.24, 2.45) is 5.92 Å². The number of hydrogen-bond donors (Lipinski definition) is 2. The summed E-state index contributed by atoms with van der Waals surface area (Å²) < 4.78 is 10.7. The third-order valence-corrected chi connectivity index (χ3v) is 5.66. The van der Waals surface area contributed by atoms with E-state index in [1.54, 1.807) is 0 Å². The number of benzene rings is 2. The van der Waals surface area contributed by atoms with Crippen LogP contribution in [0.15, 0.2) is 36.4 Å². The van der Waals surface area contributed by atoms with Crippen LogP contribution in [-0.4, -0.2) is 35.8 Å². The van der Waals surface area contributed by atoms with Gasteiger partial charge in [0.1, 0.15) is 0 Å². The molecule has 1 aromatic heterocycles. The number of nitrogens with one attached hydrogen (secondary N) is 2. The molecule has 1 unspecified atom stereocenters. The first-order valence-corrected chi connectivity index (χ1v) is 10.1. The van der Waals surface area contributed by atoms with E-state index in [9.17, 15) is 4.79 Å². The molecule has 3 heterocycles. The number of ether oxygens (including phenoxy) is 2. The minimum atomic E-state index is -0.0745. The molecule has 2 N–H and O–H groups in total. The van der Waals surface area contributed by atoms with Gasteiger partial charge in [0.15, 0.2) is 11.5 Å². The molecule has 5 rings (SSSR count). The molecule has 1 saturated heterocycles. The van der Waals surface area contributed by atoms with Crippen molar-refractivity contribution in [2.75, 3.05) is 24.8 Å². The molecule has 8 heteroatoms. The molecule has 0 saturated carbocycles. The maximum Gasteiger partial charge on any atom is 0.231 e. The Balaban J connectivity index is 1.23. The van der Waals surface area contributed by atoms with Crippen LogP contribution in [0.4, 0.5) is 5.95 Å². The summed E-state index contributed by atoms with van der Waals surface area (Å²) in [6, 6.07) is 11.3. The molecule has 2 aliphatic heterocycles. The maximum atomic E-state index is 12.8. The summed E-state index contributed by atoms with van der Waals surface area (Å²) in [5.74, 6) is 2.25. The summed E-state index contributed by atoms with van der Waals surface area (Å²) in [6.45, 7) is 2.23. The Morgan fingerprint density at radius 1 is 1.24 bits per heavy atom. The lowest BCUT2D eigenvalue weighted by atomic mass is 9.97. The van der Waals surface area contributed by atoms with Crippen molar-refractivity contribution < 1.29 is 14.3 Å². The lowest BCUT2D eigenvalue weighted by Crippen LogP contribution is -2.43. The lowest BCUT2D eigenvalue weighted by Gasteiger charge is -2.31. The van der Waals surface area contributed by atoms with Crippen LogP contribution >= 0.6 is 11.6 Å². The van der Waals surface area contributed by atoms with Crippen LogP contribution in [-0.2, 0) is 11.3 Å². The topological polar surface area (TPSA) is 79.5 Å². The molecule has 1 atom stereocenters. The molecule has 150 valence electrons. The molecule has 29 heavy (non-hydrogen) atoms. The third kappa shape index (κ3) is 3.70. The Bertz CT molecular complexity index is 1070. The number of halogens is 1. The fourth-order valence-corrected chi connectivity index (χ4v) is 4.06. The first-order chi connectivity index (χ1) is 14.2. The number of piperidine rings is 1. The van der Waals surface area contributed by atoms with Gasteiger partial charge in [-0.05, 0) is 48.7 Å². The van der Waals surface area contributed by atoms with E-state index in [4.69, 9.17) is 21.1 Å². The number of amides is 1. The van der Waals surface area contributed by atoms with Gasteiger partial charge in [0, 0.05) is 24.7 Å². The van der Waals surface area contributed by atoms with Gasteiger partial charge >= 0.3 is 0 Å². The van der Waals surface area contributed by atoms with Crippen molar-refractivity contribution in [3.05, 3.63) is 47.0 Å². The number of hydrogen-bond acceptors (Lipinski definition) is 5. The van der Waals surface area contributed by atoms with Gasteiger partial charge in [-0.25, -0.2) is 4.98 Å². The fourth-order valence-electron chi connectivity index (χ4n) is 3.89. The van der Waals surface area contributed by atoms with Crippen LogP contribution in [0.5, 0.6) is 11.5 Å². The molecule has 2 aliphatic rings. The van der Waals surface area contributed by atoms with E-state index in [-0.39, 0.29) is 18.6 Å². The number of nitrogens with zero attached hydrogens (tertiary/aromatic N) is 2. The van der Waals surface area contributed by atoms with Crippen LogP contribution in [0.25, 0.3) is 11.0 Å². The SMILES string of the molecule is O=C(NCc1ccc2c(c1)OCO2)C1CCCN(c2nc3ccc(Cl)cc3[nH]2)C1. The van der Waals surface area contributed by atoms with E-state index in [0.29, 0.717) is 18.1 Å². The second kappa shape index (κ2) is 7.48. The monoisotopic (exact) mass is 412 g/mol. The third-order valence-electron chi connectivity index (χ3n) is 5.43. The van der Waals surface area contributed by atoms with Gasteiger partial charge in [0.05, 0.1) is 17.0 Å². The summed E-state index contributed by atoms with van der Waals surface area (Å²) >= 11 is 6.07. The molecule has 0 aliphatic carbocycles. The molecule has 7 nitrogen and oxygen atoms in total. The first kappa shape index (κ1) is 18.1. The number of fused-ring (bicyclic) bond motifs is 2. The van der Waals surface area contributed by atoms with Crippen LogP contribution in [0.2, 0.25) is 5.02 Å². The molecular formula is C21H21ClN4O3. The maximum absolute atomic E-state index is 12.8. The van der Waals surface area contributed by atoms with Crippen molar-refractivity contribution in [3.63, 3.8) is 0 Å². The zero-order valence-corrected chi connectivity index (χ0v) is 16.5. The molecule has 0 bridgehead atoms. The van der Waals surface area contributed by atoms with Crippen LogP contribution in [0.3, 0.4) is 0 Å². The number of aromatic nitrogens is 2. The lowest BCUT2D eigenvalue weighted by molar-refractivity contribution is -0.125. The van der Waals surface area contributed by atoms with E-state index in [2.05, 4.69) is 20.2 Å². The Labute approximate surface area is 173 Å². The van der Waals surface area contributed by atoms with Gasteiger partial charge in [-0.15, -0.1) is 0 Å². The summed E-state index contributed by atoms with van der Waals surface area (Å²) in [6.07, 6.45) is 1.81. The molecular weight excluding hydrogens is 392 g/mol. The number of carbonyl (C=O) groups is 1. The van der Waals surface area contributed by atoms with Crippen molar-refractivity contribution in [1.82, 2.24) is 15.3 Å². The quantitative estimate of drug-likeness (QED) is 0.685. The van der Waals surface area contributed by atoms with Crippen LogP contribution < -0.4 is 19.7 Å². The predicted octanol–water partition coefficient (Wildman–Crippen LogP) is 3.48. The standard InChI is InChI=1S/C21H21ClN4O3/c22-15-4-5-16-17(9-15)25-21(24-16)26-7-1-2-14(11-26)20(27)23-10-13-3-6-18-19(8-13)29-12-28-18/h3-6,8-9,14H,1-2,7,10-12H2,(H,23,27)(H,24,25). The van der Waals surface area contributed by atoms with E-state index in [0.717, 1.165) is 53.4 Å². The average molecular weight is 413 g/mol. The number of anilines is 1. The smallest absolute Gasteiger partial charge is 0.231 e. The Morgan fingerprint density at radius 2 is 2.14 bits per heavy atom. The zero-order chi connectivity index (χ0) is 19.8.